The molecule has 1 N–H and O–H groups in total. The normalized spacial score (nSPS) is 12.5. The van der Waals surface area contributed by atoms with Crippen molar-refractivity contribution in [2.75, 3.05) is 52.7 Å². The van der Waals surface area contributed by atoms with Crippen LogP contribution >= 0.6 is 0 Å². The van der Waals surface area contributed by atoms with E-state index in [-0.39, 0.29) is 6.61 Å². The summed E-state index contributed by atoms with van der Waals surface area (Å²) in [5.41, 5.74) is 0. The van der Waals surface area contributed by atoms with Crippen molar-refractivity contribution in [1.82, 2.24) is 4.90 Å². The summed E-state index contributed by atoms with van der Waals surface area (Å²) in [6, 6.07) is 0. The van der Waals surface area contributed by atoms with Crippen LogP contribution in [0.4, 0.5) is 9.59 Å². The number of hydrogen-bond acceptors (Lipinski definition) is 8. The minimum absolute atomic E-state index is 0.246. The molecule has 2 unspecified atom stereocenters. The van der Waals surface area contributed by atoms with Gasteiger partial charge in [-0.1, -0.05) is 182 Å². The third-order valence-electron chi connectivity index (χ3n) is 11.8. The Morgan fingerprint density at radius 2 is 0.672 bits per heavy atom. The summed E-state index contributed by atoms with van der Waals surface area (Å²) in [4.78, 5) is 27.2. The van der Waals surface area contributed by atoms with E-state index >= 15 is 0 Å². The number of aliphatic hydroxyl groups excluding tert-OH is 1. The van der Waals surface area contributed by atoms with Crippen LogP contribution in [0.15, 0.2) is 0 Å². The molecule has 0 bridgehead atoms. The van der Waals surface area contributed by atoms with E-state index in [1.165, 1.54) is 128 Å². The van der Waals surface area contributed by atoms with Crippen LogP contribution in [0.1, 0.15) is 246 Å². The number of unbranched alkanes of at least 4 members (excludes halogenated alkanes) is 23. The molecule has 0 fully saturated rings. The lowest BCUT2D eigenvalue weighted by molar-refractivity contribution is 0.0398. The number of aliphatic hydroxyl groups is 1. The molecule has 2 atom stereocenters. The molecule has 0 heterocycles. The molecule has 0 spiro atoms. The predicted octanol–water partition coefficient (Wildman–Crippen LogP) is 15.2. The largest absolute Gasteiger partial charge is 0.508 e. The highest BCUT2D eigenvalue weighted by Crippen LogP contribution is 2.21. The van der Waals surface area contributed by atoms with Crippen molar-refractivity contribution in [3.8, 4) is 0 Å². The van der Waals surface area contributed by atoms with E-state index in [2.05, 4.69) is 32.6 Å². The van der Waals surface area contributed by atoms with Gasteiger partial charge in [0.1, 0.15) is 0 Å². The van der Waals surface area contributed by atoms with Crippen LogP contribution in [0.3, 0.4) is 0 Å². The number of rotatable bonds is 46. The maximum Gasteiger partial charge on any atom is 0.508 e. The SMILES string of the molecule is CCCCCCCCC(CCCCCC)COC(=O)OCCCCCCN(CCCCO)CCCCCCOC(=O)OCC(CCCCCC)CCCCCCCC. The number of hydrogen-bond donors (Lipinski definition) is 1. The summed E-state index contributed by atoms with van der Waals surface area (Å²) in [5.74, 6) is 0.904. The molecule has 0 radical (unpaired) electrons. The molecule has 8 nitrogen and oxygen atoms in total. The molecule has 0 aliphatic rings. The molecule has 0 aliphatic heterocycles. The quantitative estimate of drug-likeness (QED) is 0.0479. The Kier molecular flexibility index (Phi) is 45.3. The Hall–Kier alpha value is -1.54. The number of nitrogens with zero attached hydrogens (tertiary/aromatic N) is 1. The zero-order chi connectivity index (χ0) is 42.4. The Labute approximate surface area is 360 Å². The Balaban J connectivity index is 4.22. The highest BCUT2D eigenvalue weighted by Gasteiger charge is 2.15. The molecular weight excluding hydrogens is 727 g/mol. The average molecular weight is 826 g/mol. The van der Waals surface area contributed by atoms with E-state index in [1.54, 1.807) is 0 Å². The van der Waals surface area contributed by atoms with Crippen LogP contribution < -0.4 is 0 Å². The minimum atomic E-state index is -0.501. The first-order valence-corrected chi connectivity index (χ1v) is 25.4. The fourth-order valence-corrected chi connectivity index (χ4v) is 7.90. The molecule has 8 heteroatoms. The Morgan fingerprint density at radius 1 is 0.379 bits per heavy atom. The van der Waals surface area contributed by atoms with E-state index in [0.717, 1.165) is 110 Å². The number of carbonyl (C=O) groups excluding carboxylic acids is 2. The van der Waals surface area contributed by atoms with Crippen LogP contribution in [0.2, 0.25) is 0 Å². The molecule has 0 aromatic heterocycles. The summed E-state index contributed by atoms with van der Waals surface area (Å²) in [5, 5.41) is 9.30. The summed E-state index contributed by atoms with van der Waals surface area (Å²) in [6.07, 6.45) is 39.3. The molecule has 0 amide bonds. The molecule has 0 aromatic rings. The van der Waals surface area contributed by atoms with Crippen molar-refractivity contribution >= 4 is 12.3 Å². The van der Waals surface area contributed by atoms with Gasteiger partial charge in [0.25, 0.3) is 0 Å². The van der Waals surface area contributed by atoms with Crippen LogP contribution in [-0.4, -0.2) is 75.0 Å². The number of carbonyl (C=O) groups is 2. The van der Waals surface area contributed by atoms with Gasteiger partial charge in [0, 0.05) is 6.61 Å². The molecule has 0 rings (SSSR count). The third kappa shape index (κ3) is 41.2. The molecule has 346 valence electrons. The van der Waals surface area contributed by atoms with Crippen molar-refractivity contribution in [2.45, 2.75) is 246 Å². The van der Waals surface area contributed by atoms with Crippen LogP contribution in [0.5, 0.6) is 0 Å². The second-order valence-corrected chi connectivity index (χ2v) is 17.5. The zero-order valence-electron chi connectivity index (χ0n) is 39.2. The topological polar surface area (TPSA) is 94.5 Å². The summed E-state index contributed by atoms with van der Waals surface area (Å²) in [7, 11) is 0. The monoisotopic (exact) mass is 826 g/mol. The van der Waals surface area contributed by atoms with Gasteiger partial charge in [-0.15, -0.1) is 0 Å². The average Bonchev–Trinajstić information content (AvgIpc) is 3.22. The highest BCUT2D eigenvalue weighted by molar-refractivity contribution is 5.60. The van der Waals surface area contributed by atoms with Crippen molar-refractivity contribution in [3.05, 3.63) is 0 Å². The lowest BCUT2D eigenvalue weighted by Crippen LogP contribution is -2.27. The Morgan fingerprint density at radius 3 is 1.03 bits per heavy atom. The van der Waals surface area contributed by atoms with E-state index < -0.39 is 12.3 Å². The maximum atomic E-state index is 12.3. The zero-order valence-corrected chi connectivity index (χ0v) is 39.2. The first-order chi connectivity index (χ1) is 28.5. The first kappa shape index (κ1) is 56.5. The van der Waals surface area contributed by atoms with Gasteiger partial charge in [-0.3, -0.25) is 0 Å². The lowest BCUT2D eigenvalue weighted by atomic mass is 9.95. The van der Waals surface area contributed by atoms with Gasteiger partial charge in [0.05, 0.1) is 26.4 Å². The fourth-order valence-electron chi connectivity index (χ4n) is 7.90. The molecule has 0 saturated carbocycles. The van der Waals surface area contributed by atoms with Gasteiger partial charge in [-0.25, -0.2) is 9.59 Å². The summed E-state index contributed by atoms with van der Waals surface area (Å²) < 4.78 is 22.1. The van der Waals surface area contributed by atoms with Gasteiger partial charge >= 0.3 is 12.3 Å². The van der Waals surface area contributed by atoms with E-state index in [1.807, 2.05) is 0 Å². The molecule has 58 heavy (non-hydrogen) atoms. The third-order valence-corrected chi connectivity index (χ3v) is 11.8. The second-order valence-electron chi connectivity index (χ2n) is 17.5. The van der Waals surface area contributed by atoms with Gasteiger partial charge in [-0.05, 0) is 95.7 Å². The molecular formula is C50H99NO7. The van der Waals surface area contributed by atoms with Crippen LogP contribution in [0.25, 0.3) is 0 Å². The maximum absolute atomic E-state index is 12.3. The van der Waals surface area contributed by atoms with Crippen molar-refractivity contribution in [1.29, 1.82) is 0 Å². The minimum Gasteiger partial charge on any atom is -0.434 e. The fraction of sp³-hybridized carbons (Fsp3) is 0.960. The molecule has 0 saturated heterocycles. The van der Waals surface area contributed by atoms with E-state index in [4.69, 9.17) is 18.9 Å². The van der Waals surface area contributed by atoms with Crippen LogP contribution in [0, 0.1) is 11.8 Å². The first-order valence-electron chi connectivity index (χ1n) is 25.4. The Bertz CT molecular complexity index is 781. The summed E-state index contributed by atoms with van der Waals surface area (Å²) in [6.45, 7) is 14.2. The number of ether oxygens (including phenoxy) is 4. The highest BCUT2D eigenvalue weighted by atomic mass is 16.7. The van der Waals surface area contributed by atoms with Gasteiger partial charge < -0.3 is 29.0 Å². The van der Waals surface area contributed by atoms with Crippen molar-refractivity contribution in [2.24, 2.45) is 11.8 Å². The standard InChI is InChI=1S/C50H99NO7/c1-5-9-13-17-19-27-37-47(35-25-15-11-7-3)45-57-49(53)55-43-33-23-21-29-39-51(41-31-32-42-52)40-30-22-24-34-44-56-50(54)58-46-48(36-26-16-12-8-4)38-28-20-18-14-10-6-2/h47-48,52H,5-46H2,1-4H3. The predicted molar refractivity (Wildman–Crippen MR) is 245 cm³/mol. The molecule has 0 aliphatic carbocycles. The second kappa shape index (κ2) is 46.5. The van der Waals surface area contributed by atoms with Gasteiger partial charge in [0.15, 0.2) is 0 Å². The van der Waals surface area contributed by atoms with Crippen molar-refractivity contribution < 1.29 is 33.6 Å². The van der Waals surface area contributed by atoms with E-state index in [9.17, 15) is 14.7 Å². The lowest BCUT2D eigenvalue weighted by Gasteiger charge is -2.22. The van der Waals surface area contributed by atoms with Crippen LogP contribution in [-0.2, 0) is 18.9 Å². The summed E-state index contributed by atoms with van der Waals surface area (Å²) >= 11 is 0. The smallest absolute Gasteiger partial charge is 0.434 e. The van der Waals surface area contributed by atoms with Gasteiger partial charge in [0.2, 0.25) is 0 Å². The van der Waals surface area contributed by atoms with Gasteiger partial charge in [-0.2, -0.15) is 0 Å². The molecule has 0 aromatic carbocycles. The van der Waals surface area contributed by atoms with Crippen molar-refractivity contribution in [3.63, 3.8) is 0 Å². The van der Waals surface area contributed by atoms with E-state index in [0.29, 0.717) is 38.3 Å².